The average Bonchev–Trinajstić information content (AvgIpc) is 3.08. The molecule has 108 valence electrons. The van der Waals surface area contributed by atoms with E-state index in [1.165, 1.54) is 4.31 Å². The lowest BCUT2D eigenvalue weighted by atomic mass is 10.3. The van der Waals surface area contributed by atoms with Gasteiger partial charge >= 0.3 is 0 Å². The van der Waals surface area contributed by atoms with Crippen LogP contribution < -0.4 is 0 Å². The summed E-state index contributed by atoms with van der Waals surface area (Å²) in [5, 5.41) is 11.4. The zero-order chi connectivity index (χ0) is 14.3. The summed E-state index contributed by atoms with van der Waals surface area (Å²) in [5.41, 5.74) is 0.395. The van der Waals surface area contributed by atoms with Crippen LogP contribution in [-0.2, 0) is 10.0 Å². The molecule has 1 aliphatic rings. The van der Waals surface area contributed by atoms with Gasteiger partial charge < -0.3 is 4.52 Å². The molecular formula is C11H15N5O3S. The van der Waals surface area contributed by atoms with Crippen LogP contribution in [0.25, 0.3) is 0 Å². The fourth-order valence-electron chi connectivity index (χ4n) is 2.53. The van der Waals surface area contributed by atoms with E-state index in [2.05, 4.69) is 15.5 Å². The van der Waals surface area contributed by atoms with Gasteiger partial charge in [0.1, 0.15) is 10.6 Å². The molecule has 1 fully saturated rings. The summed E-state index contributed by atoms with van der Waals surface area (Å²) in [6.45, 7) is 4.08. The maximum Gasteiger partial charge on any atom is 0.248 e. The van der Waals surface area contributed by atoms with Crippen molar-refractivity contribution in [1.82, 2.24) is 24.5 Å². The molecule has 3 rings (SSSR count). The van der Waals surface area contributed by atoms with Crippen LogP contribution in [-0.4, -0.2) is 46.0 Å². The van der Waals surface area contributed by atoms with Gasteiger partial charge in [0.15, 0.2) is 5.76 Å². The summed E-state index contributed by atoms with van der Waals surface area (Å²) in [6, 6.07) is 0.0211. The van der Waals surface area contributed by atoms with Crippen LogP contribution in [0.15, 0.2) is 21.8 Å². The van der Waals surface area contributed by atoms with Crippen LogP contribution in [0, 0.1) is 13.8 Å². The Labute approximate surface area is 116 Å². The van der Waals surface area contributed by atoms with Crippen LogP contribution in [0.1, 0.15) is 23.9 Å². The molecule has 1 atom stereocenters. The molecule has 0 aromatic carbocycles. The molecule has 0 N–H and O–H groups in total. The van der Waals surface area contributed by atoms with Gasteiger partial charge in [0.05, 0.1) is 12.2 Å². The van der Waals surface area contributed by atoms with Crippen LogP contribution in [0.4, 0.5) is 0 Å². The van der Waals surface area contributed by atoms with Crippen molar-refractivity contribution in [2.24, 2.45) is 0 Å². The molecule has 9 heteroatoms. The highest BCUT2D eigenvalue weighted by molar-refractivity contribution is 7.89. The van der Waals surface area contributed by atoms with Gasteiger partial charge in [-0.3, -0.25) is 0 Å². The molecule has 0 radical (unpaired) electrons. The second-order valence-corrected chi connectivity index (χ2v) is 6.72. The molecule has 0 spiro atoms. The Hall–Kier alpha value is -1.74. The summed E-state index contributed by atoms with van der Waals surface area (Å²) >= 11 is 0. The molecular weight excluding hydrogens is 282 g/mol. The first-order valence-electron chi connectivity index (χ1n) is 6.29. The number of hydrogen-bond acceptors (Lipinski definition) is 6. The van der Waals surface area contributed by atoms with Crippen molar-refractivity contribution in [1.29, 1.82) is 0 Å². The zero-order valence-electron chi connectivity index (χ0n) is 11.2. The second kappa shape index (κ2) is 4.67. The van der Waals surface area contributed by atoms with Crippen LogP contribution in [0.2, 0.25) is 0 Å². The van der Waals surface area contributed by atoms with Gasteiger partial charge in [-0.15, -0.1) is 5.10 Å². The Morgan fingerprint density at radius 2 is 2.20 bits per heavy atom. The largest absolute Gasteiger partial charge is 0.360 e. The first-order valence-corrected chi connectivity index (χ1v) is 7.73. The summed E-state index contributed by atoms with van der Waals surface area (Å²) in [5.74, 6) is 0.326. The molecule has 0 amide bonds. The molecule has 2 aromatic rings. The Kier molecular flexibility index (Phi) is 3.09. The molecule has 8 nitrogen and oxygen atoms in total. The van der Waals surface area contributed by atoms with Crippen molar-refractivity contribution in [3.05, 3.63) is 23.8 Å². The normalized spacial score (nSPS) is 20.6. The standard InChI is InChI=1S/C11H15N5O3S/c1-8-11(9(2)19-13-8)20(17,18)15-5-3-10(7-15)16-6-4-12-14-16/h4,6,10H,3,5,7H2,1-2H3/t10-/m0/s1. The Morgan fingerprint density at radius 1 is 1.40 bits per heavy atom. The van der Waals surface area contributed by atoms with E-state index in [1.54, 1.807) is 30.9 Å². The third-order valence-corrected chi connectivity index (χ3v) is 5.62. The van der Waals surface area contributed by atoms with E-state index in [9.17, 15) is 8.42 Å². The summed E-state index contributed by atoms with van der Waals surface area (Å²) in [7, 11) is -3.57. The molecule has 2 aromatic heterocycles. The first kappa shape index (κ1) is 13.3. The van der Waals surface area contributed by atoms with Gasteiger partial charge in [0, 0.05) is 19.3 Å². The minimum atomic E-state index is -3.57. The van der Waals surface area contributed by atoms with Gasteiger partial charge in [-0.2, -0.15) is 4.31 Å². The van der Waals surface area contributed by atoms with Gasteiger partial charge in [0.25, 0.3) is 0 Å². The van der Waals surface area contributed by atoms with Gasteiger partial charge in [-0.05, 0) is 20.3 Å². The van der Waals surface area contributed by atoms with Gasteiger partial charge in [-0.25, -0.2) is 13.1 Å². The lowest BCUT2D eigenvalue weighted by Crippen LogP contribution is -2.30. The van der Waals surface area contributed by atoms with E-state index in [0.717, 1.165) is 0 Å². The first-order chi connectivity index (χ1) is 9.50. The van der Waals surface area contributed by atoms with E-state index < -0.39 is 10.0 Å². The molecule has 1 aliphatic heterocycles. The number of sulfonamides is 1. The van der Waals surface area contributed by atoms with E-state index in [-0.39, 0.29) is 10.9 Å². The van der Waals surface area contributed by atoms with Crippen molar-refractivity contribution < 1.29 is 12.9 Å². The highest BCUT2D eigenvalue weighted by Gasteiger charge is 2.36. The topological polar surface area (TPSA) is 94.1 Å². The lowest BCUT2D eigenvalue weighted by molar-refractivity contribution is 0.389. The molecule has 0 unspecified atom stereocenters. The Bertz CT molecular complexity index is 687. The van der Waals surface area contributed by atoms with Crippen molar-refractivity contribution in [3.8, 4) is 0 Å². The van der Waals surface area contributed by atoms with Crippen LogP contribution >= 0.6 is 0 Å². The minimum absolute atomic E-state index is 0.0211. The van der Waals surface area contributed by atoms with Crippen molar-refractivity contribution in [2.45, 2.75) is 31.2 Å². The number of aromatic nitrogens is 4. The monoisotopic (exact) mass is 297 g/mol. The number of nitrogens with zero attached hydrogens (tertiary/aromatic N) is 5. The van der Waals surface area contributed by atoms with Crippen molar-refractivity contribution >= 4 is 10.0 Å². The van der Waals surface area contributed by atoms with Gasteiger partial charge in [0.2, 0.25) is 10.0 Å². The average molecular weight is 297 g/mol. The predicted octanol–water partition coefficient (Wildman–Crippen LogP) is 0.519. The van der Waals surface area contributed by atoms with E-state index in [0.29, 0.717) is 31.0 Å². The SMILES string of the molecule is Cc1noc(C)c1S(=O)(=O)N1CC[C@H](n2ccnn2)C1. The van der Waals surface area contributed by atoms with Crippen molar-refractivity contribution in [2.75, 3.05) is 13.1 Å². The molecule has 1 saturated heterocycles. The van der Waals surface area contributed by atoms with E-state index >= 15 is 0 Å². The maximum atomic E-state index is 12.6. The number of hydrogen-bond donors (Lipinski definition) is 0. The summed E-state index contributed by atoms with van der Waals surface area (Å²) < 4.78 is 33.4. The third-order valence-electron chi connectivity index (χ3n) is 3.51. The Balaban J connectivity index is 1.87. The fraction of sp³-hybridized carbons (Fsp3) is 0.545. The zero-order valence-corrected chi connectivity index (χ0v) is 12.0. The van der Waals surface area contributed by atoms with E-state index in [4.69, 9.17) is 4.52 Å². The smallest absolute Gasteiger partial charge is 0.248 e. The summed E-state index contributed by atoms with van der Waals surface area (Å²) in [6.07, 6.45) is 4.05. The predicted molar refractivity (Wildman–Crippen MR) is 68.4 cm³/mol. The third kappa shape index (κ3) is 2.02. The Morgan fingerprint density at radius 3 is 2.80 bits per heavy atom. The summed E-state index contributed by atoms with van der Waals surface area (Å²) in [4.78, 5) is 0.178. The molecule has 3 heterocycles. The highest BCUT2D eigenvalue weighted by atomic mass is 32.2. The minimum Gasteiger partial charge on any atom is -0.360 e. The van der Waals surface area contributed by atoms with Gasteiger partial charge in [-0.1, -0.05) is 10.4 Å². The number of aryl methyl sites for hydroxylation is 2. The maximum absolute atomic E-state index is 12.6. The lowest BCUT2D eigenvalue weighted by Gasteiger charge is -2.16. The molecule has 0 bridgehead atoms. The molecule has 20 heavy (non-hydrogen) atoms. The fourth-order valence-corrected chi connectivity index (χ4v) is 4.31. The van der Waals surface area contributed by atoms with Crippen molar-refractivity contribution in [3.63, 3.8) is 0 Å². The number of rotatable bonds is 3. The molecule has 0 aliphatic carbocycles. The quantitative estimate of drug-likeness (QED) is 0.819. The van der Waals surface area contributed by atoms with E-state index in [1.807, 2.05) is 0 Å². The molecule has 0 saturated carbocycles. The van der Waals surface area contributed by atoms with Crippen LogP contribution in [0.3, 0.4) is 0 Å². The van der Waals surface area contributed by atoms with Crippen LogP contribution in [0.5, 0.6) is 0 Å². The highest BCUT2D eigenvalue weighted by Crippen LogP contribution is 2.29. The second-order valence-electron chi connectivity index (χ2n) is 4.84.